The van der Waals surface area contributed by atoms with Gasteiger partial charge in [-0.3, -0.25) is 10.1 Å². The third kappa shape index (κ3) is 2.59. The molecule has 0 atom stereocenters. The summed E-state index contributed by atoms with van der Waals surface area (Å²) in [6.07, 6.45) is 1.58. The number of aromatic carboxylic acids is 1. The van der Waals surface area contributed by atoms with Gasteiger partial charge in [0, 0.05) is 34.8 Å². The molecule has 0 aliphatic carbocycles. The molecule has 0 aliphatic heterocycles. The van der Waals surface area contributed by atoms with Gasteiger partial charge in [-0.05, 0) is 18.2 Å². The van der Waals surface area contributed by atoms with Crippen molar-refractivity contribution in [1.29, 1.82) is 0 Å². The molecule has 0 saturated heterocycles. The summed E-state index contributed by atoms with van der Waals surface area (Å²) < 4.78 is 0. The van der Waals surface area contributed by atoms with Crippen LogP contribution in [0.1, 0.15) is 10.5 Å². The molecule has 0 radical (unpaired) electrons. The highest BCUT2D eigenvalue weighted by Gasteiger charge is 2.12. The first-order valence-electron chi connectivity index (χ1n) is 6.17. The Morgan fingerprint density at radius 1 is 1.27 bits per heavy atom. The van der Waals surface area contributed by atoms with Crippen LogP contribution in [-0.2, 0) is 0 Å². The number of carboxylic acids is 1. The van der Waals surface area contributed by atoms with Crippen molar-refractivity contribution in [2.24, 2.45) is 0 Å². The molecular weight excluding hydrogens is 306 g/mol. The number of rotatable bonds is 4. The predicted molar refractivity (Wildman–Crippen MR) is 81.0 cm³/mol. The minimum absolute atomic E-state index is 0.0252. The van der Waals surface area contributed by atoms with E-state index in [4.69, 9.17) is 5.11 Å². The van der Waals surface area contributed by atoms with Gasteiger partial charge in [0.15, 0.2) is 0 Å². The average molecular weight is 315 g/mol. The Morgan fingerprint density at radius 2 is 2.00 bits per heavy atom. The quantitative estimate of drug-likeness (QED) is 0.566. The maximum atomic E-state index is 10.9. The van der Waals surface area contributed by atoms with Gasteiger partial charge in [0.1, 0.15) is 10.7 Å². The van der Waals surface area contributed by atoms with E-state index >= 15 is 0 Å². The Morgan fingerprint density at radius 3 is 2.59 bits per heavy atom. The zero-order valence-corrected chi connectivity index (χ0v) is 11.8. The summed E-state index contributed by atoms with van der Waals surface area (Å²) in [5.74, 6) is -1.03. The summed E-state index contributed by atoms with van der Waals surface area (Å²) in [7, 11) is 0. The lowest BCUT2D eigenvalue weighted by Crippen LogP contribution is -1.94. The molecule has 2 aromatic heterocycles. The first kappa shape index (κ1) is 14.0. The molecule has 0 aliphatic rings. The highest BCUT2D eigenvalue weighted by Crippen LogP contribution is 2.30. The topological polar surface area (TPSA) is 109 Å². The average Bonchev–Trinajstić information content (AvgIpc) is 3.16. The van der Waals surface area contributed by atoms with Crippen LogP contribution in [-0.4, -0.2) is 26.0 Å². The molecule has 110 valence electrons. The summed E-state index contributed by atoms with van der Waals surface area (Å²) in [5, 5.41) is 22.1. The third-order valence-corrected chi connectivity index (χ3v) is 3.93. The molecule has 1 aromatic carbocycles. The Hall–Kier alpha value is -3.00. The summed E-state index contributed by atoms with van der Waals surface area (Å²) in [6, 6.07) is 7.64. The molecule has 3 rings (SSSR count). The van der Waals surface area contributed by atoms with Gasteiger partial charge < -0.3 is 10.1 Å². The van der Waals surface area contributed by atoms with Gasteiger partial charge in [0.05, 0.1) is 10.6 Å². The number of carbonyl (C=O) groups is 1. The minimum atomic E-state index is -1.03. The standard InChI is InChI=1S/C14H9N3O4S/c18-14(19)11-5-9(6-15-11)12-7-22-13(16-12)8-1-3-10(4-2-8)17(20)21/h1-7,15H,(H,18,19). The van der Waals surface area contributed by atoms with Gasteiger partial charge in [0.25, 0.3) is 5.69 Å². The minimum Gasteiger partial charge on any atom is -0.477 e. The van der Waals surface area contributed by atoms with E-state index in [1.54, 1.807) is 18.3 Å². The normalized spacial score (nSPS) is 10.5. The molecule has 2 N–H and O–H groups in total. The van der Waals surface area contributed by atoms with Crippen LogP contribution in [0.3, 0.4) is 0 Å². The van der Waals surface area contributed by atoms with Crippen LogP contribution < -0.4 is 0 Å². The Kier molecular flexibility index (Phi) is 3.43. The van der Waals surface area contributed by atoms with E-state index in [0.717, 1.165) is 5.56 Å². The van der Waals surface area contributed by atoms with E-state index in [1.165, 1.54) is 29.5 Å². The van der Waals surface area contributed by atoms with Crippen molar-refractivity contribution in [3.63, 3.8) is 0 Å². The molecule has 0 amide bonds. The summed E-state index contributed by atoms with van der Waals surface area (Å²) >= 11 is 1.39. The number of H-pyrrole nitrogens is 1. The van der Waals surface area contributed by atoms with Crippen LogP contribution in [0.2, 0.25) is 0 Å². The zero-order valence-electron chi connectivity index (χ0n) is 11.0. The van der Waals surface area contributed by atoms with Gasteiger partial charge >= 0.3 is 5.97 Å². The maximum Gasteiger partial charge on any atom is 0.352 e. The van der Waals surface area contributed by atoms with Crippen molar-refractivity contribution in [1.82, 2.24) is 9.97 Å². The van der Waals surface area contributed by atoms with E-state index in [2.05, 4.69) is 9.97 Å². The lowest BCUT2D eigenvalue weighted by Gasteiger charge is -1.95. The number of thiazole rings is 1. The van der Waals surface area contributed by atoms with Gasteiger partial charge in [0.2, 0.25) is 0 Å². The Bertz CT molecular complexity index is 851. The smallest absolute Gasteiger partial charge is 0.352 e. The fraction of sp³-hybridized carbons (Fsp3) is 0. The Labute approximate surface area is 128 Å². The monoisotopic (exact) mass is 315 g/mol. The fourth-order valence-corrected chi connectivity index (χ4v) is 2.77. The molecule has 8 heteroatoms. The largest absolute Gasteiger partial charge is 0.477 e. The molecule has 3 aromatic rings. The number of nitro benzene ring substituents is 1. The fourth-order valence-electron chi connectivity index (χ4n) is 1.93. The molecule has 22 heavy (non-hydrogen) atoms. The maximum absolute atomic E-state index is 10.9. The van der Waals surface area contributed by atoms with Crippen molar-refractivity contribution >= 4 is 23.0 Å². The zero-order chi connectivity index (χ0) is 15.7. The lowest BCUT2D eigenvalue weighted by molar-refractivity contribution is -0.384. The van der Waals surface area contributed by atoms with Gasteiger partial charge in [-0.2, -0.15) is 0 Å². The number of non-ortho nitro benzene ring substituents is 1. The van der Waals surface area contributed by atoms with Crippen molar-refractivity contribution < 1.29 is 14.8 Å². The van der Waals surface area contributed by atoms with Crippen molar-refractivity contribution in [2.75, 3.05) is 0 Å². The number of aromatic nitrogens is 2. The highest BCUT2D eigenvalue weighted by atomic mass is 32.1. The van der Waals surface area contributed by atoms with E-state index in [-0.39, 0.29) is 11.4 Å². The number of carboxylic acid groups (broad SMARTS) is 1. The summed E-state index contributed by atoms with van der Waals surface area (Å²) in [6.45, 7) is 0. The molecule has 0 bridgehead atoms. The van der Waals surface area contributed by atoms with E-state index in [1.807, 2.05) is 5.38 Å². The second kappa shape index (κ2) is 5.41. The van der Waals surface area contributed by atoms with E-state index in [0.29, 0.717) is 16.3 Å². The number of nitrogens with one attached hydrogen (secondary N) is 1. The second-order valence-electron chi connectivity index (χ2n) is 4.45. The highest BCUT2D eigenvalue weighted by molar-refractivity contribution is 7.13. The molecular formula is C14H9N3O4S. The molecule has 0 saturated carbocycles. The number of nitrogens with zero attached hydrogens (tertiary/aromatic N) is 2. The van der Waals surface area contributed by atoms with E-state index in [9.17, 15) is 14.9 Å². The number of aromatic amines is 1. The molecule has 7 nitrogen and oxygen atoms in total. The van der Waals surface area contributed by atoms with Crippen LogP contribution in [0.4, 0.5) is 5.69 Å². The van der Waals surface area contributed by atoms with Crippen molar-refractivity contribution in [3.05, 3.63) is 57.7 Å². The van der Waals surface area contributed by atoms with Crippen LogP contribution >= 0.6 is 11.3 Å². The molecule has 0 spiro atoms. The van der Waals surface area contributed by atoms with Gasteiger partial charge in [-0.1, -0.05) is 0 Å². The first-order chi connectivity index (χ1) is 10.5. The van der Waals surface area contributed by atoms with Crippen molar-refractivity contribution in [3.8, 4) is 21.8 Å². The van der Waals surface area contributed by atoms with Crippen LogP contribution in [0.25, 0.3) is 21.8 Å². The van der Waals surface area contributed by atoms with Crippen LogP contribution in [0, 0.1) is 10.1 Å². The third-order valence-electron chi connectivity index (χ3n) is 3.04. The molecule has 0 unspecified atom stereocenters. The second-order valence-corrected chi connectivity index (χ2v) is 5.31. The van der Waals surface area contributed by atoms with E-state index < -0.39 is 10.9 Å². The lowest BCUT2D eigenvalue weighted by atomic mass is 10.2. The number of benzene rings is 1. The predicted octanol–water partition coefficient (Wildman–Crippen LogP) is 3.41. The van der Waals surface area contributed by atoms with Gasteiger partial charge in [-0.15, -0.1) is 11.3 Å². The van der Waals surface area contributed by atoms with Gasteiger partial charge in [-0.25, -0.2) is 9.78 Å². The number of hydrogen-bond donors (Lipinski definition) is 2. The van der Waals surface area contributed by atoms with Crippen LogP contribution in [0.15, 0.2) is 41.9 Å². The number of nitro groups is 1. The Balaban J connectivity index is 1.89. The summed E-state index contributed by atoms with van der Waals surface area (Å²) in [4.78, 5) is 28.1. The van der Waals surface area contributed by atoms with Crippen LogP contribution in [0.5, 0.6) is 0 Å². The SMILES string of the molecule is O=C(O)c1cc(-c2csc(-c3ccc([N+](=O)[O-])cc3)n2)c[nH]1. The molecule has 0 fully saturated rings. The summed E-state index contributed by atoms with van der Waals surface area (Å²) in [5.41, 5.74) is 2.23. The number of hydrogen-bond acceptors (Lipinski definition) is 5. The molecule has 2 heterocycles. The van der Waals surface area contributed by atoms with Crippen molar-refractivity contribution in [2.45, 2.75) is 0 Å². The first-order valence-corrected chi connectivity index (χ1v) is 7.05.